The van der Waals surface area contributed by atoms with Gasteiger partial charge in [0.15, 0.2) is 0 Å². The summed E-state index contributed by atoms with van der Waals surface area (Å²) >= 11 is 0. The lowest BCUT2D eigenvalue weighted by molar-refractivity contribution is 0.202. The highest BCUT2D eigenvalue weighted by molar-refractivity contribution is 5.68. The number of ether oxygens (including phenoxy) is 1. The number of hydrogen-bond acceptors (Lipinski definition) is 7. The highest BCUT2D eigenvalue weighted by Gasteiger charge is 2.15. The van der Waals surface area contributed by atoms with E-state index in [1.54, 1.807) is 7.11 Å². The third kappa shape index (κ3) is 6.59. The smallest absolute Gasteiger partial charge is 0.227 e. The molecule has 35 heavy (non-hydrogen) atoms. The Balaban J connectivity index is 1.41. The van der Waals surface area contributed by atoms with Gasteiger partial charge in [-0.05, 0) is 55.4 Å². The molecule has 2 heterocycles. The predicted octanol–water partition coefficient (Wildman–Crippen LogP) is 5.30. The summed E-state index contributed by atoms with van der Waals surface area (Å²) in [6, 6.07) is 16.8. The second kappa shape index (κ2) is 11.8. The number of nitrogens with zero attached hydrogens (tertiary/aromatic N) is 4. The summed E-state index contributed by atoms with van der Waals surface area (Å²) in [6.07, 6.45) is 2.64. The molecule has 0 spiro atoms. The lowest BCUT2D eigenvalue weighted by Crippen LogP contribution is -2.46. The molecule has 0 saturated carbocycles. The number of anilines is 4. The van der Waals surface area contributed by atoms with Gasteiger partial charge in [-0.1, -0.05) is 25.6 Å². The quantitative estimate of drug-likeness (QED) is 0.415. The van der Waals surface area contributed by atoms with Gasteiger partial charge in [0.2, 0.25) is 5.95 Å². The van der Waals surface area contributed by atoms with Gasteiger partial charge in [-0.3, -0.25) is 0 Å². The summed E-state index contributed by atoms with van der Waals surface area (Å²) in [6.45, 7) is 14.5. The summed E-state index contributed by atoms with van der Waals surface area (Å²) in [5.41, 5.74) is 7.15. The van der Waals surface area contributed by atoms with Crippen molar-refractivity contribution < 1.29 is 4.74 Å². The molecule has 4 rings (SSSR count). The average Bonchev–Trinajstić information content (AvgIpc) is 2.89. The number of aromatic nitrogens is 2. The maximum absolute atomic E-state index is 5.11. The molecule has 0 amide bonds. The van der Waals surface area contributed by atoms with Crippen LogP contribution in [0.4, 0.5) is 23.0 Å². The van der Waals surface area contributed by atoms with E-state index in [-0.39, 0.29) is 0 Å². The van der Waals surface area contributed by atoms with Gasteiger partial charge in [-0.2, -0.15) is 0 Å². The summed E-state index contributed by atoms with van der Waals surface area (Å²) in [5.74, 6) is 0.588. The van der Waals surface area contributed by atoms with Crippen molar-refractivity contribution in [3.63, 3.8) is 0 Å². The molecule has 0 unspecified atom stereocenters. The minimum Gasteiger partial charge on any atom is -0.384 e. The second-order valence-corrected chi connectivity index (χ2v) is 8.87. The number of nitrogens with one attached hydrogen (secondary N) is 2. The fraction of sp³-hybridized carbons (Fsp3) is 0.357. The van der Waals surface area contributed by atoms with Crippen molar-refractivity contribution >= 4 is 23.0 Å². The van der Waals surface area contributed by atoms with Gasteiger partial charge in [-0.15, -0.1) is 0 Å². The molecule has 0 radical (unpaired) electrons. The third-order valence-electron chi connectivity index (χ3n) is 6.37. The number of hydrogen-bond donors (Lipinski definition) is 2. The van der Waals surface area contributed by atoms with E-state index in [1.165, 1.54) is 5.69 Å². The Morgan fingerprint density at radius 2 is 1.69 bits per heavy atom. The zero-order chi connectivity index (χ0) is 24.6. The zero-order valence-corrected chi connectivity index (χ0v) is 21.1. The Kier molecular flexibility index (Phi) is 8.34. The maximum atomic E-state index is 5.11. The van der Waals surface area contributed by atoms with Crippen molar-refractivity contribution in [3.05, 3.63) is 72.6 Å². The number of aryl methyl sites for hydroxylation is 1. The lowest BCUT2D eigenvalue weighted by Gasteiger charge is -2.35. The Morgan fingerprint density at radius 1 is 1.00 bits per heavy atom. The normalized spacial score (nSPS) is 14.1. The molecule has 7 nitrogen and oxygen atoms in total. The first-order valence-electron chi connectivity index (χ1n) is 12.3. The minimum atomic E-state index is 0.588. The Bertz CT molecular complexity index is 1110. The van der Waals surface area contributed by atoms with Crippen molar-refractivity contribution in [1.29, 1.82) is 0 Å². The van der Waals surface area contributed by atoms with E-state index >= 15 is 0 Å². The van der Waals surface area contributed by atoms with Crippen LogP contribution < -0.4 is 15.5 Å². The topological polar surface area (TPSA) is 65.6 Å². The third-order valence-corrected chi connectivity index (χ3v) is 6.37. The number of benzene rings is 2. The lowest BCUT2D eigenvalue weighted by atomic mass is 10.1. The molecule has 2 aromatic carbocycles. The molecule has 7 heteroatoms. The van der Waals surface area contributed by atoms with Crippen LogP contribution in [0.5, 0.6) is 0 Å². The standard InChI is InChI=1S/C28H36N6O/c1-5-33-15-17-34(18-16-33)26-12-10-25(11-13-26)31-28-29-20-21(2)27(32-28)23-6-8-24(9-7-23)30-22(3)14-19-35-4/h6-13,20,30H,3,5,14-19H2,1-2,4H3,(H,29,31,32). The van der Waals surface area contributed by atoms with E-state index in [4.69, 9.17) is 9.72 Å². The predicted molar refractivity (Wildman–Crippen MR) is 146 cm³/mol. The van der Waals surface area contributed by atoms with Crippen molar-refractivity contribution in [1.82, 2.24) is 14.9 Å². The molecular weight excluding hydrogens is 436 g/mol. The molecule has 1 saturated heterocycles. The summed E-state index contributed by atoms with van der Waals surface area (Å²) in [7, 11) is 1.69. The van der Waals surface area contributed by atoms with E-state index in [1.807, 2.05) is 25.3 Å². The maximum Gasteiger partial charge on any atom is 0.227 e. The van der Waals surface area contributed by atoms with E-state index in [2.05, 4.69) is 75.3 Å². The van der Waals surface area contributed by atoms with Gasteiger partial charge < -0.3 is 25.2 Å². The summed E-state index contributed by atoms with van der Waals surface area (Å²) < 4.78 is 5.11. The number of methoxy groups -OCH3 is 1. The molecule has 0 atom stereocenters. The second-order valence-electron chi connectivity index (χ2n) is 8.87. The van der Waals surface area contributed by atoms with Gasteiger partial charge in [0.05, 0.1) is 12.3 Å². The molecule has 1 aromatic heterocycles. The highest BCUT2D eigenvalue weighted by atomic mass is 16.5. The van der Waals surface area contributed by atoms with Crippen LogP contribution in [0.25, 0.3) is 11.3 Å². The molecule has 1 fully saturated rings. The first-order chi connectivity index (χ1) is 17.1. The van der Waals surface area contributed by atoms with E-state index in [0.29, 0.717) is 12.6 Å². The van der Waals surface area contributed by atoms with Crippen LogP contribution in [-0.2, 0) is 4.74 Å². The Morgan fingerprint density at radius 3 is 2.34 bits per heavy atom. The van der Waals surface area contributed by atoms with Crippen LogP contribution in [0.2, 0.25) is 0 Å². The van der Waals surface area contributed by atoms with Gasteiger partial charge in [0, 0.05) is 74.2 Å². The first-order valence-corrected chi connectivity index (χ1v) is 12.3. The Labute approximate surface area is 208 Å². The van der Waals surface area contributed by atoms with Crippen LogP contribution in [0.3, 0.4) is 0 Å². The highest BCUT2D eigenvalue weighted by Crippen LogP contribution is 2.26. The molecule has 0 bridgehead atoms. The van der Waals surface area contributed by atoms with Crippen LogP contribution in [-0.4, -0.2) is 61.3 Å². The SMILES string of the molecule is C=C(CCOC)Nc1ccc(-c2nc(Nc3ccc(N4CCN(CC)CC4)cc3)ncc2C)cc1. The minimum absolute atomic E-state index is 0.588. The van der Waals surface area contributed by atoms with Crippen molar-refractivity contribution in [3.8, 4) is 11.3 Å². The zero-order valence-electron chi connectivity index (χ0n) is 21.1. The van der Waals surface area contributed by atoms with Crippen LogP contribution in [0, 0.1) is 6.92 Å². The summed E-state index contributed by atoms with van der Waals surface area (Å²) in [5, 5.41) is 6.68. The molecule has 1 aliphatic heterocycles. The average molecular weight is 473 g/mol. The Hall–Kier alpha value is -3.42. The number of rotatable bonds is 10. The van der Waals surface area contributed by atoms with Crippen molar-refractivity contribution in [2.24, 2.45) is 0 Å². The van der Waals surface area contributed by atoms with Crippen molar-refractivity contribution in [2.75, 3.05) is 62.0 Å². The molecule has 184 valence electrons. The van der Waals surface area contributed by atoms with E-state index < -0.39 is 0 Å². The van der Waals surface area contributed by atoms with E-state index in [9.17, 15) is 0 Å². The van der Waals surface area contributed by atoms with Crippen LogP contribution in [0.15, 0.2) is 67.0 Å². The molecule has 1 aliphatic rings. The molecule has 3 aromatic rings. The number of likely N-dealkylation sites (N-methyl/N-ethyl adjacent to an activating group) is 1. The molecule has 0 aliphatic carbocycles. The molecular formula is C28H36N6O. The van der Waals surface area contributed by atoms with Crippen LogP contribution in [0.1, 0.15) is 18.9 Å². The van der Waals surface area contributed by atoms with Crippen LogP contribution >= 0.6 is 0 Å². The van der Waals surface area contributed by atoms with Gasteiger partial charge in [0.25, 0.3) is 0 Å². The first kappa shape index (κ1) is 24.7. The van der Waals surface area contributed by atoms with Gasteiger partial charge >= 0.3 is 0 Å². The fourth-order valence-electron chi connectivity index (χ4n) is 4.20. The number of piperazine rings is 1. The van der Waals surface area contributed by atoms with Gasteiger partial charge in [0.1, 0.15) is 0 Å². The van der Waals surface area contributed by atoms with E-state index in [0.717, 1.165) is 73.0 Å². The van der Waals surface area contributed by atoms with Gasteiger partial charge in [-0.25, -0.2) is 9.97 Å². The fourth-order valence-corrected chi connectivity index (χ4v) is 4.20. The monoisotopic (exact) mass is 472 g/mol. The largest absolute Gasteiger partial charge is 0.384 e. The van der Waals surface area contributed by atoms with Crippen molar-refractivity contribution in [2.45, 2.75) is 20.3 Å². The summed E-state index contributed by atoms with van der Waals surface area (Å²) in [4.78, 5) is 14.2. The molecule has 2 N–H and O–H groups in total.